The van der Waals surface area contributed by atoms with Crippen LogP contribution in [-0.2, 0) is 0 Å². The van der Waals surface area contributed by atoms with Gasteiger partial charge in [0, 0.05) is 18.7 Å². The van der Waals surface area contributed by atoms with Crippen LogP contribution in [0.4, 0.5) is 0 Å². The quantitative estimate of drug-likeness (QED) is 0.903. The van der Waals surface area contributed by atoms with Crippen molar-refractivity contribution in [2.24, 2.45) is 11.7 Å². The average molecular weight is 265 g/mol. The molecule has 5 nitrogen and oxygen atoms in total. The van der Waals surface area contributed by atoms with E-state index >= 15 is 0 Å². The van der Waals surface area contributed by atoms with Crippen molar-refractivity contribution in [2.45, 2.75) is 45.6 Å². The summed E-state index contributed by atoms with van der Waals surface area (Å²) in [7, 11) is 0. The van der Waals surface area contributed by atoms with E-state index in [-0.39, 0.29) is 11.9 Å². The van der Waals surface area contributed by atoms with E-state index in [0.717, 1.165) is 18.5 Å². The van der Waals surface area contributed by atoms with E-state index in [0.29, 0.717) is 24.8 Å². The minimum atomic E-state index is -0.0616. The summed E-state index contributed by atoms with van der Waals surface area (Å²) in [6, 6.07) is 1.94. The molecule has 2 unspecified atom stereocenters. The molecule has 0 radical (unpaired) electrons. The first kappa shape index (κ1) is 14.1. The first-order valence-electron chi connectivity index (χ1n) is 7.11. The molecule has 2 atom stereocenters. The van der Waals surface area contributed by atoms with E-state index < -0.39 is 0 Å². The fourth-order valence-electron chi connectivity index (χ4n) is 3.01. The van der Waals surface area contributed by atoms with Crippen molar-refractivity contribution in [3.63, 3.8) is 0 Å². The van der Waals surface area contributed by atoms with Gasteiger partial charge < -0.3 is 15.2 Å². The fourth-order valence-corrected chi connectivity index (χ4v) is 3.01. The van der Waals surface area contributed by atoms with Gasteiger partial charge in [-0.05, 0) is 39.2 Å². The maximum atomic E-state index is 12.5. The third-order valence-electron chi connectivity index (χ3n) is 4.01. The molecule has 2 N–H and O–H groups in total. The largest absolute Gasteiger partial charge is 0.351 e. The molecule has 1 heterocycles. The molecule has 2 rings (SSSR count). The number of hydrogen-bond donors (Lipinski definition) is 1. The summed E-state index contributed by atoms with van der Waals surface area (Å²) in [4.78, 5) is 14.4. The standard InChI is InChI=1S/C14H23N3O2/c1-3-17(12-7-5-4-6-11(12)9-15)14(18)13-8-10(2)16-19-13/h8,11-12H,3-7,9,15H2,1-2H3. The number of rotatable bonds is 4. The predicted octanol–water partition coefficient (Wildman–Crippen LogP) is 1.96. The van der Waals surface area contributed by atoms with Gasteiger partial charge in [-0.3, -0.25) is 4.79 Å². The molecule has 1 aromatic heterocycles. The van der Waals surface area contributed by atoms with Gasteiger partial charge in [-0.25, -0.2) is 0 Å². The topological polar surface area (TPSA) is 72.4 Å². The van der Waals surface area contributed by atoms with Crippen LogP contribution < -0.4 is 5.73 Å². The van der Waals surface area contributed by atoms with Gasteiger partial charge in [0.05, 0.1) is 5.69 Å². The number of aromatic nitrogens is 1. The molecule has 1 amide bonds. The molecule has 5 heteroatoms. The first-order valence-corrected chi connectivity index (χ1v) is 7.11. The normalized spacial score (nSPS) is 23.3. The smallest absolute Gasteiger partial charge is 0.292 e. The Morgan fingerprint density at radius 2 is 2.26 bits per heavy atom. The summed E-state index contributed by atoms with van der Waals surface area (Å²) in [5.41, 5.74) is 6.59. The molecule has 0 aromatic carbocycles. The van der Waals surface area contributed by atoms with E-state index in [4.69, 9.17) is 10.3 Å². The molecule has 1 aromatic rings. The summed E-state index contributed by atoms with van der Waals surface area (Å²) in [5, 5.41) is 3.79. The molecule has 1 saturated carbocycles. The summed E-state index contributed by atoms with van der Waals surface area (Å²) in [6.45, 7) is 5.15. The van der Waals surface area contributed by atoms with Gasteiger partial charge in [0.25, 0.3) is 5.91 Å². The second kappa shape index (κ2) is 6.19. The lowest BCUT2D eigenvalue weighted by Crippen LogP contribution is -2.47. The number of hydrogen-bond acceptors (Lipinski definition) is 4. The van der Waals surface area contributed by atoms with Crippen molar-refractivity contribution in [1.29, 1.82) is 0 Å². The van der Waals surface area contributed by atoms with Crippen LogP contribution in [0, 0.1) is 12.8 Å². The van der Waals surface area contributed by atoms with Crippen LogP contribution in [0.15, 0.2) is 10.6 Å². The van der Waals surface area contributed by atoms with Crippen LogP contribution in [0.3, 0.4) is 0 Å². The lowest BCUT2D eigenvalue weighted by Gasteiger charge is -2.38. The van der Waals surface area contributed by atoms with E-state index in [1.54, 1.807) is 6.07 Å². The zero-order valence-corrected chi connectivity index (χ0v) is 11.8. The van der Waals surface area contributed by atoms with Crippen molar-refractivity contribution < 1.29 is 9.32 Å². The minimum Gasteiger partial charge on any atom is -0.351 e. The highest BCUT2D eigenvalue weighted by atomic mass is 16.5. The summed E-state index contributed by atoms with van der Waals surface area (Å²) in [6.07, 6.45) is 4.53. The Morgan fingerprint density at radius 3 is 2.84 bits per heavy atom. The molecular formula is C14H23N3O2. The van der Waals surface area contributed by atoms with Gasteiger partial charge in [-0.1, -0.05) is 18.0 Å². The second-order valence-electron chi connectivity index (χ2n) is 5.27. The van der Waals surface area contributed by atoms with Crippen molar-refractivity contribution in [2.75, 3.05) is 13.1 Å². The molecule has 1 aliphatic rings. The molecule has 19 heavy (non-hydrogen) atoms. The molecule has 1 fully saturated rings. The Balaban J connectivity index is 2.16. The number of nitrogens with zero attached hydrogens (tertiary/aromatic N) is 2. The number of amides is 1. The van der Waals surface area contributed by atoms with E-state index in [1.807, 2.05) is 18.7 Å². The predicted molar refractivity (Wildman–Crippen MR) is 72.8 cm³/mol. The Kier molecular flexibility index (Phi) is 4.58. The monoisotopic (exact) mass is 265 g/mol. The molecule has 1 aliphatic carbocycles. The summed E-state index contributed by atoms with van der Waals surface area (Å²) >= 11 is 0. The third-order valence-corrected chi connectivity index (χ3v) is 4.01. The zero-order chi connectivity index (χ0) is 13.8. The average Bonchev–Trinajstić information content (AvgIpc) is 2.86. The van der Waals surface area contributed by atoms with Crippen LogP contribution in [0.2, 0.25) is 0 Å². The highest BCUT2D eigenvalue weighted by Gasteiger charge is 2.32. The molecular weight excluding hydrogens is 242 g/mol. The molecule has 0 spiro atoms. The van der Waals surface area contributed by atoms with E-state index in [2.05, 4.69) is 5.16 Å². The SMILES string of the molecule is CCN(C(=O)c1cc(C)no1)C1CCCCC1CN. The first-order chi connectivity index (χ1) is 9.17. The summed E-state index contributed by atoms with van der Waals surface area (Å²) in [5.74, 6) is 0.677. The van der Waals surface area contributed by atoms with Crippen LogP contribution >= 0.6 is 0 Å². The van der Waals surface area contributed by atoms with Crippen LogP contribution in [-0.4, -0.2) is 35.1 Å². The Bertz CT molecular complexity index is 430. The third kappa shape index (κ3) is 2.97. The Morgan fingerprint density at radius 1 is 1.53 bits per heavy atom. The van der Waals surface area contributed by atoms with Crippen molar-refractivity contribution in [1.82, 2.24) is 10.1 Å². The van der Waals surface area contributed by atoms with E-state index in [9.17, 15) is 4.79 Å². The van der Waals surface area contributed by atoms with Gasteiger partial charge in [-0.2, -0.15) is 0 Å². The van der Waals surface area contributed by atoms with Gasteiger partial charge in [0.1, 0.15) is 0 Å². The molecule has 0 bridgehead atoms. The number of nitrogens with two attached hydrogens (primary N) is 1. The highest BCUT2D eigenvalue weighted by Crippen LogP contribution is 2.28. The molecule has 106 valence electrons. The Labute approximate surface area is 114 Å². The van der Waals surface area contributed by atoms with Crippen LogP contribution in [0.5, 0.6) is 0 Å². The summed E-state index contributed by atoms with van der Waals surface area (Å²) < 4.78 is 5.10. The van der Waals surface area contributed by atoms with Gasteiger partial charge in [0.2, 0.25) is 5.76 Å². The van der Waals surface area contributed by atoms with Crippen molar-refractivity contribution in [3.05, 3.63) is 17.5 Å². The van der Waals surface area contributed by atoms with E-state index in [1.165, 1.54) is 12.8 Å². The fraction of sp³-hybridized carbons (Fsp3) is 0.714. The second-order valence-corrected chi connectivity index (χ2v) is 5.27. The maximum absolute atomic E-state index is 12.5. The lowest BCUT2D eigenvalue weighted by atomic mass is 9.83. The van der Waals surface area contributed by atoms with Crippen molar-refractivity contribution >= 4 is 5.91 Å². The van der Waals surface area contributed by atoms with Gasteiger partial charge in [0.15, 0.2) is 0 Å². The van der Waals surface area contributed by atoms with Crippen LogP contribution in [0.25, 0.3) is 0 Å². The number of aryl methyl sites for hydroxylation is 1. The highest BCUT2D eigenvalue weighted by molar-refractivity contribution is 5.91. The minimum absolute atomic E-state index is 0.0616. The number of carbonyl (C=O) groups is 1. The lowest BCUT2D eigenvalue weighted by molar-refractivity contribution is 0.0519. The number of carbonyl (C=O) groups excluding carboxylic acids is 1. The maximum Gasteiger partial charge on any atom is 0.292 e. The van der Waals surface area contributed by atoms with Gasteiger partial charge in [-0.15, -0.1) is 0 Å². The van der Waals surface area contributed by atoms with Crippen LogP contribution in [0.1, 0.15) is 48.9 Å². The van der Waals surface area contributed by atoms with Crippen molar-refractivity contribution in [3.8, 4) is 0 Å². The molecule has 0 aliphatic heterocycles. The molecule has 0 saturated heterocycles. The Hall–Kier alpha value is -1.36. The zero-order valence-electron chi connectivity index (χ0n) is 11.8. The van der Waals surface area contributed by atoms with Gasteiger partial charge >= 0.3 is 0 Å².